The van der Waals surface area contributed by atoms with Crippen LogP contribution in [0.3, 0.4) is 0 Å². The average molecular weight is 261 g/mol. The van der Waals surface area contributed by atoms with Crippen LogP contribution in [0.25, 0.3) is 0 Å². The maximum Gasteiger partial charge on any atom is 0.189 e. The van der Waals surface area contributed by atoms with Crippen molar-refractivity contribution in [3.63, 3.8) is 0 Å². The zero-order valence-electron chi connectivity index (χ0n) is 11.7. The highest BCUT2D eigenvalue weighted by Crippen LogP contribution is 2.18. The third-order valence-corrected chi connectivity index (χ3v) is 2.84. The molecular weight excluding hydrogens is 238 g/mol. The summed E-state index contributed by atoms with van der Waals surface area (Å²) in [6.45, 7) is 5.60. The zero-order chi connectivity index (χ0) is 13.7. The Labute approximate surface area is 115 Å². The van der Waals surface area contributed by atoms with Gasteiger partial charge in [-0.25, -0.2) is 4.99 Å². The van der Waals surface area contributed by atoms with E-state index in [1.807, 2.05) is 24.3 Å². The summed E-state index contributed by atoms with van der Waals surface area (Å²) in [7, 11) is 0. The number of aliphatic imine (C=N–C) groups is 1. The van der Waals surface area contributed by atoms with E-state index >= 15 is 0 Å². The molecule has 1 saturated carbocycles. The Hall–Kier alpha value is -1.71. The highest BCUT2D eigenvalue weighted by molar-refractivity contribution is 5.78. The van der Waals surface area contributed by atoms with E-state index in [4.69, 9.17) is 10.5 Å². The molecule has 0 spiro atoms. The quantitative estimate of drug-likeness (QED) is 0.610. The number of nitrogens with two attached hydrogens (primary N) is 1. The lowest BCUT2D eigenvalue weighted by molar-refractivity contribution is 0.271. The van der Waals surface area contributed by atoms with Gasteiger partial charge in [-0.2, -0.15) is 0 Å². The smallest absolute Gasteiger partial charge is 0.189 e. The van der Waals surface area contributed by atoms with Gasteiger partial charge in [-0.15, -0.1) is 0 Å². The summed E-state index contributed by atoms with van der Waals surface area (Å²) in [6.07, 6.45) is 2.41. The number of nitrogens with zero attached hydrogens (tertiary/aromatic N) is 1. The third-order valence-electron chi connectivity index (χ3n) is 2.84. The van der Waals surface area contributed by atoms with Crippen molar-refractivity contribution in [3.8, 4) is 5.75 Å². The Morgan fingerprint density at radius 2 is 2.26 bits per heavy atom. The first kappa shape index (κ1) is 13.7. The van der Waals surface area contributed by atoms with Crippen LogP contribution >= 0.6 is 0 Å². The topological polar surface area (TPSA) is 59.6 Å². The van der Waals surface area contributed by atoms with Crippen LogP contribution in [0, 0.1) is 5.92 Å². The van der Waals surface area contributed by atoms with Crippen LogP contribution in [0.5, 0.6) is 5.75 Å². The molecule has 1 fully saturated rings. The summed E-state index contributed by atoms with van der Waals surface area (Å²) in [5.74, 6) is 1.96. The molecule has 4 nitrogen and oxygen atoms in total. The number of ether oxygens (including phenoxy) is 1. The molecule has 4 heteroatoms. The largest absolute Gasteiger partial charge is 0.493 e. The number of hydrogen-bond donors (Lipinski definition) is 2. The Bertz CT molecular complexity index is 439. The van der Waals surface area contributed by atoms with E-state index in [0.717, 1.165) is 17.9 Å². The fourth-order valence-electron chi connectivity index (χ4n) is 1.66. The van der Waals surface area contributed by atoms with Gasteiger partial charge < -0.3 is 15.8 Å². The molecule has 0 bridgehead atoms. The molecule has 0 radical (unpaired) electrons. The van der Waals surface area contributed by atoms with Gasteiger partial charge in [0, 0.05) is 6.04 Å². The molecule has 0 aromatic heterocycles. The van der Waals surface area contributed by atoms with E-state index in [1.165, 1.54) is 12.8 Å². The monoisotopic (exact) mass is 261 g/mol. The molecule has 0 atom stereocenters. The van der Waals surface area contributed by atoms with Gasteiger partial charge in [0.1, 0.15) is 5.75 Å². The van der Waals surface area contributed by atoms with Crippen molar-refractivity contribution >= 4 is 5.96 Å². The minimum atomic E-state index is 0.528. The van der Waals surface area contributed by atoms with Gasteiger partial charge in [0.15, 0.2) is 5.96 Å². The Morgan fingerprint density at radius 3 is 2.95 bits per heavy atom. The molecule has 104 valence electrons. The number of hydrogen-bond acceptors (Lipinski definition) is 2. The van der Waals surface area contributed by atoms with Gasteiger partial charge in [0.05, 0.1) is 13.2 Å². The fraction of sp³-hybridized carbons (Fsp3) is 0.533. The molecule has 3 N–H and O–H groups in total. The van der Waals surface area contributed by atoms with Crippen LogP contribution in [0.1, 0.15) is 32.3 Å². The van der Waals surface area contributed by atoms with Gasteiger partial charge in [-0.05, 0) is 36.5 Å². The second kappa shape index (κ2) is 6.45. The number of rotatable bonds is 6. The zero-order valence-corrected chi connectivity index (χ0v) is 11.7. The van der Waals surface area contributed by atoms with E-state index < -0.39 is 0 Å². The van der Waals surface area contributed by atoms with E-state index in [1.54, 1.807) is 0 Å². The van der Waals surface area contributed by atoms with Crippen LogP contribution < -0.4 is 15.8 Å². The first-order valence-electron chi connectivity index (χ1n) is 6.91. The standard InChI is InChI=1S/C15H23N3O/c1-11(2)10-19-14-5-3-4-12(8-14)9-17-15(16)18-13-6-7-13/h3-5,8,11,13H,6-7,9-10H2,1-2H3,(H3,16,17,18). The Kier molecular flexibility index (Phi) is 4.66. The maximum absolute atomic E-state index is 5.81. The first-order chi connectivity index (χ1) is 9.13. The molecule has 1 aliphatic rings. The van der Waals surface area contributed by atoms with Crippen molar-refractivity contribution in [3.05, 3.63) is 29.8 Å². The molecule has 0 saturated heterocycles. The highest BCUT2D eigenvalue weighted by atomic mass is 16.5. The van der Waals surface area contributed by atoms with Gasteiger partial charge in [-0.1, -0.05) is 26.0 Å². The predicted molar refractivity (Wildman–Crippen MR) is 78.3 cm³/mol. The van der Waals surface area contributed by atoms with Crippen molar-refractivity contribution < 1.29 is 4.74 Å². The molecular formula is C15H23N3O. The van der Waals surface area contributed by atoms with Gasteiger partial charge >= 0.3 is 0 Å². The SMILES string of the molecule is CC(C)COc1cccc(CN=C(N)NC2CC2)c1. The van der Waals surface area contributed by atoms with Gasteiger partial charge in [-0.3, -0.25) is 0 Å². The summed E-state index contributed by atoms with van der Waals surface area (Å²) in [6, 6.07) is 8.57. The number of nitrogens with one attached hydrogen (secondary N) is 1. The lowest BCUT2D eigenvalue weighted by Gasteiger charge is -2.09. The molecule has 0 aliphatic heterocycles. The van der Waals surface area contributed by atoms with Crippen molar-refractivity contribution in [1.82, 2.24) is 5.32 Å². The summed E-state index contributed by atoms with van der Waals surface area (Å²) >= 11 is 0. The van der Waals surface area contributed by atoms with Crippen LogP contribution in [-0.2, 0) is 6.54 Å². The van der Waals surface area contributed by atoms with Crippen LogP contribution in [0.4, 0.5) is 0 Å². The van der Waals surface area contributed by atoms with Crippen molar-refractivity contribution in [2.45, 2.75) is 39.3 Å². The van der Waals surface area contributed by atoms with E-state index in [2.05, 4.69) is 24.2 Å². The second-order valence-corrected chi connectivity index (χ2v) is 5.47. The summed E-state index contributed by atoms with van der Waals surface area (Å²) in [4.78, 5) is 4.34. The van der Waals surface area contributed by atoms with E-state index in [-0.39, 0.29) is 0 Å². The molecule has 0 amide bonds. The van der Waals surface area contributed by atoms with Crippen molar-refractivity contribution in [1.29, 1.82) is 0 Å². The minimum Gasteiger partial charge on any atom is -0.493 e. The van der Waals surface area contributed by atoms with Gasteiger partial charge in [0.25, 0.3) is 0 Å². The van der Waals surface area contributed by atoms with Gasteiger partial charge in [0.2, 0.25) is 0 Å². The molecule has 1 aromatic carbocycles. The summed E-state index contributed by atoms with van der Waals surface area (Å²) < 4.78 is 5.69. The van der Waals surface area contributed by atoms with E-state index in [9.17, 15) is 0 Å². The summed E-state index contributed by atoms with van der Waals surface area (Å²) in [5, 5.41) is 3.18. The second-order valence-electron chi connectivity index (χ2n) is 5.47. The van der Waals surface area contributed by atoms with E-state index in [0.29, 0.717) is 24.5 Å². The minimum absolute atomic E-state index is 0.528. The lowest BCUT2D eigenvalue weighted by Crippen LogP contribution is -2.33. The first-order valence-corrected chi connectivity index (χ1v) is 6.91. The summed E-state index contributed by atoms with van der Waals surface area (Å²) in [5.41, 5.74) is 6.92. The molecule has 1 aliphatic carbocycles. The third kappa shape index (κ3) is 5.20. The average Bonchev–Trinajstić information content (AvgIpc) is 3.18. The Morgan fingerprint density at radius 1 is 1.47 bits per heavy atom. The maximum atomic E-state index is 5.81. The van der Waals surface area contributed by atoms with Crippen molar-refractivity contribution in [2.24, 2.45) is 16.6 Å². The molecule has 0 heterocycles. The molecule has 0 unspecified atom stereocenters. The van der Waals surface area contributed by atoms with Crippen LogP contribution in [0.2, 0.25) is 0 Å². The molecule has 2 rings (SSSR count). The van der Waals surface area contributed by atoms with Crippen LogP contribution in [0.15, 0.2) is 29.3 Å². The highest BCUT2D eigenvalue weighted by Gasteiger charge is 2.21. The molecule has 19 heavy (non-hydrogen) atoms. The van der Waals surface area contributed by atoms with Crippen LogP contribution in [-0.4, -0.2) is 18.6 Å². The van der Waals surface area contributed by atoms with Crippen molar-refractivity contribution in [2.75, 3.05) is 6.61 Å². The lowest BCUT2D eigenvalue weighted by atomic mass is 10.2. The predicted octanol–water partition coefficient (Wildman–Crippen LogP) is 2.29. The molecule has 1 aromatic rings. The fourth-order valence-corrected chi connectivity index (χ4v) is 1.66. The Balaban J connectivity index is 1.86. The number of guanidine groups is 1. The normalized spacial score (nSPS) is 15.6. The number of benzene rings is 1.